The van der Waals surface area contributed by atoms with Crippen molar-refractivity contribution in [2.24, 2.45) is 5.92 Å². The number of hydrogen-bond donors (Lipinski definition) is 1. The van der Waals surface area contributed by atoms with E-state index in [-0.39, 0.29) is 0 Å². The van der Waals surface area contributed by atoms with Gasteiger partial charge in [-0.3, -0.25) is 4.98 Å². The van der Waals surface area contributed by atoms with E-state index in [1.54, 1.807) is 23.5 Å². The predicted octanol–water partition coefficient (Wildman–Crippen LogP) is 8.19. The normalized spacial score (nSPS) is 14.2. The topological polar surface area (TPSA) is 74.0 Å². The zero-order valence-corrected chi connectivity index (χ0v) is 21.5. The summed E-state index contributed by atoms with van der Waals surface area (Å²) < 4.78 is 0. The Morgan fingerprint density at radius 1 is 1.05 bits per heavy atom. The van der Waals surface area contributed by atoms with Crippen LogP contribution in [0.25, 0.3) is 27.7 Å². The van der Waals surface area contributed by atoms with Gasteiger partial charge in [-0.1, -0.05) is 72.6 Å². The smallest absolute Gasteiger partial charge is 0.328 e. The maximum absolute atomic E-state index is 11.0. The number of thiazole rings is 1. The second kappa shape index (κ2) is 11.0. The molecule has 0 unspecified atom stereocenters. The molecule has 1 saturated carbocycles. The lowest BCUT2D eigenvalue weighted by atomic mass is 9.73. The number of benzene rings is 3. The Morgan fingerprint density at radius 2 is 1.76 bits per heavy atom. The van der Waals surface area contributed by atoms with Crippen LogP contribution in [0, 0.1) is 17.2 Å². The number of hydrogen-bond acceptors (Lipinski definition) is 4. The number of nitrogens with zero attached hydrogens (tertiary/aromatic N) is 2. The van der Waals surface area contributed by atoms with Crippen molar-refractivity contribution < 1.29 is 9.90 Å². The first-order valence-corrected chi connectivity index (χ1v) is 13.2. The van der Waals surface area contributed by atoms with Crippen molar-refractivity contribution in [2.75, 3.05) is 0 Å². The molecule has 0 aliphatic heterocycles. The van der Waals surface area contributed by atoms with Gasteiger partial charge in [0.25, 0.3) is 0 Å². The summed E-state index contributed by atoms with van der Waals surface area (Å²) >= 11 is 8.39. The van der Waals surface area contributed by atoms with Crippen LogP contribution in [0.1, 0.15) is 47.1 Å². The maximum atomic E-state index is 11.0. The monoisotopic (exact) mass is 522 g/mol. The Morgan fingerprint density at radius 3 is 2.30 bits per heavy atom. The van der Waals surface area contributed by atoms with Crippen LogP contribution < -0.4 is 0 Å². The summed E-state index contributed by atoms with van der Waals surface area (Å²) in [6.45, 7) is 0. The summed E-state index contributed by atoms with van der Waals surface area (Å²) in [7, 11) is 0. The molecule has 0 radical (unpaired) electrons. The molecule has 1 aliphatic carbocycles. The third kappa shape index (κ3) is 5.41. The predicted molar refractivity (Wildman–Crippen MR) is 150 cm³/mol. The average molecular weight is 523 g/mol. The van der Waals surface area contributed by atoms with Crippen molar-refractivity contribution in [3.05, 3.63) is 117 Å². The minimum Gasteiger partial charge on any atom is -0.478 e. The molecule has 4 aromatic rings. The number of carboxylic acids is 1. The third-order valence-electron chi connectivity index (χ3n) is 6.68. The molecule has 0 bridgehead atoms. The van der Waals surface area contributed by atoms with Crippen LogP contribution in [0.15, 0.2) is 84.5 Å². The molecule has 4 nitrogen and oxygen atoms in total. The molecule has 5 rings (SSSR count). The largest absolute Gasteiger partial charge is 0.478 e. The highest BCUT2D eigenvalue weighted by Crippen LogP contribution is 2.47. The number of rotatable bonds is 7. The van der Waals surface area contributed by atoms with Gasteiger partial charge in [0.1, 0.15) is 0 Å². The number of carboxylic acid groups (broad SMARTS) is 1. The number of allylic oxidation sites excluding steroid dienone is 1. The Labute approximate surface area is 224 Å². The van der Waals surface area contributed by atoms with E-state index in [2.05, 4.69) is 35.3 Å². The van der Waals surface area contributed by atoms with Crippen LogP contribution in [0.5, 0.6) is 0 Å². The molecule has 0 saturated heterocycles. The lowest BCUT2D eigenvalue weighted by Crippen LogP contribution is -2.15. The highest BCUT2D eigenvalue weighted by molar-refractivity contribution is 7.13. The lowest BCUT2D eigenvalue weighted by Gasteiger charge is -2.32. The van der Waals surface area contributed by atoms with Crippen molar-refractivity contribution in [1.82, 2.24) is 4.98 Å². The number of aromatic nitrogens is 1. The van der Waals surface area contributed by atoms with Gasteiger partial charge in [0.2, 0.25) is 0 Å². The standard InChI is InChI=1S/C31H23ClN2O2S/c32-27-16-21(17-33)6-14-26(27)31(23-2-1-3-23)30(24-8-4-20(5-9-24)7-15-29(35)36)25-12-10-22(11-13-25)28-18-34-19-37-28/h4-16,18-19,23H,1-3H2,(H,35,36)/b15-7+,31-30+. The number of nitriles is 1. The van der Waals surface area contributed by atoms with Gasteiger partial charge in [-0.15, -0.1) is 11.3 Å². The molecular weight excluding hydrogens is 500 g/mol. The van der Waals surface area contributed by atoms with E-state index in [1.807, 2.05) is 48.1 Å². The Bertz CT molecular complexity index is 1530. The first kappa shape index (κ1) is 24.7. The Balaban J connectivity index is 1.70. The average Bonchev–Trinajstić information content (AvgIpc) is 3.42. The second-order valence-electron chi connectivity index (χ2n) is 8.96. The molecule has 1 N–H and O–H groups in total. The number of aliphatic carboxylic acids is 1. The minimum atomic E-state index is -0.978. The highest BCUT2D eigenvalue weighted by atomic mass is 35.5. The summed E-state index contributed by atoms with van der Waals surface area (Å²) in [5.41, 5.74) is 9.62. The van der Waals surface area contributed by atoms with Crippen LogP contribution in [0.3, 0.4) is 0 Å². The Hall–Kier alpha value is -3.98. The van der Waals surface area contributed by atoms with E-state index >= 15 is 0 Å². The molecule has 0 spiro atoms. The molecule has 6 heteroatoms. The summed E-state index contributed by atoms with van der Waals surface area (Å²) in [5, 5.41) is 18.9. The first-order chi connectivity index (χ1) is 18.0. The minimum absolute atomic E-state index is 0.355. The van der Waals surface area contributed by atoms with Crippen LogP contribution in [-0.2, 0) is 4.79 Å². The number of carbonyl (C=O) groups is 1. The van der Waals surface area contributed by atoms with E-state index in [4.69, 9.17) is 16.7 Å². The van der Waals surface area contributed by atoms with Gasteiger partial charge < -0.3 is 5.11 Å². The molecule has 1 fully saturated rings. The van der Waals surface area contributed by atoms with Gasteiger partial charge in [0, 0.05) is 17.3 Å². The quantitative estimate of drug-likeness (QED) is 0.196. The van der Waals surface area contributed by atoms with Gasteiger partial charge in [0.05, 0.1) is 22.0 Å². The van der Waals surface area contributed by atoms with Crippen molar-refractivity contribution in [3.8, 4) is 16.5 Å². The van der Waals surface area contributed by atoms with Crippen molar-refractivity contribution in [2.45, 2.75) is 19.3 Å². The van der Waals surface area contributed by atoms with Crippen LogP contribution >= 0.6 is 22.9 Å². The third-order valence-corrected chi connectivity index (χ3v) is 7.81. The molecule has 37 heavy (non-hydrogen) atoms. The Kier molecular flexibility index (Phi) is 7.32. The fourth-order valence-corrected chi connectivity index (χ4v) is 5.54. The summed E-state index contributed by atoms with van der Waals surface area (Å²) in [5.74, 6) is -0.624. The molecule has 0 atom stereocenters. The van der Waals surface area contributed by atoms with E-state index in [1.165, 1.54) is 12.0 Å². The van der Waals surface area contributed by atoms with Gasteiger partial charge >= 0.3 is 5.97 Å². The van der Waals surface area contributed by atoms with Gasteiger partial charge in [0.15, 0.2) is 0 Å². The maximum Gasteiger partial charge on any atom is 0.328 e. The molecule has 182 valence electrons. The van der Waals surface area contributed by atoms with Crippen LogP contribution in [0.2, 0.25) is 5.02 Å². The summed E-state index contributed by atoms with van der Waals surface area (Å²) in [4.78, 5) is 16.3. The van der Waals surface area contributed by atoms with E-state index in [9.17, 15) is 10.1 Å². The van der Waals surface area contributed by atoms with E-state index in [0.29, 0.717) is 16.5 Å². The summed E-state index contributed by atoms with van der Waals surface area (Å²) in [6.07, 6.45) is 7.92. The molecular formula is C31H23ClN2O2S. The van der Waals surface area contributed by atoms with Gasteiger partial charge in [-0.05, 0) is 75.9 Å². The molecule has 3 aromatic carbocycles. The van der Waals surface area contributed by atoms with Crippen LogP contribution in [-0.4, -0.2) is 16.1 Å². The molecule has 1 heterocycles. The second-order valence-corrected chi connectivity index (χ2v) is 10.3. The summed E-state index contributed by atoms with van der Waals surface area (Å²) in [6, 6.07) is 24.1. The van der Waals surface area contributed by atoms with Crippen molar-refractivity contribution in [1.29, 1.82) is 5.26 Å². The van der Waals surface area contributed by atoms with E-state index in [0.717, 1.165) is 57.2 Å². The highest BCUT2D eigenvalue weighted by Gasteiger charge is 2.28. The molecule has 1 aromatic heterocycles. The molecule has 0 amide bonds. The number of halogens is 1. The van der Waals surface area contributed by atoms with Gasteiger partial charge in [-0.25, -0.2) is 4.79 Å². The van der Waals surface area contributed by atoms with E-state index < -0.39 is 5.97 Å². The fourth-order valence-electron chi connectivity index (χ4n) is 4.62. The van der Waals surface area contributed by atoms with Gasteiger partial charge in [-0.2, -0.15) is 5.26 Å². The zero-order valence-electron chi connectivity index (χ0n) is 19.9. The fraction of sp³-hybridized carbons (Fsp3) is 0.129. The molecule has 1 aliphatic rings. The zero-order chi connectivity index (χ0) is 25.8. The van der Waals surface area contributed by atoms with Crippen LogP contribution in [0.4, 0.5) is 0 Å². The lowest BCUT2D eigenvalue weighted by molar-refractivity contribution is -0.131. The van der Waals surface area contributed by atoms with Crippen molar-refractivity contribution >= 4 is 46.1 Å². The first-order valence-electron chi connectivity index (χ1n) is 12.0. The SMILES string of the molecule is N#Cc1ccc(/C(=C(\c2ccc(/C=C/C(=O)O)cc2)c2ccc(-c3cncs3)cc2)C2CCC2)c(Cl)c1. The van der Waals surface area contributed by atoms with Crippen molar-refractivity contribution in [3.63, 3.8) is 0 Å².